The van der Waals surface area contributed by atoms with Crippen LogP contribution in [0.15, 0.2) is 65.6 Å². The van der Waals surface area contributed by atoms with Crippen LogP contribution in [-0.4, -0.2) is 19.7 Å². The highest BCUT2D eigenvalue weighted by atomic mass is 19.1. The van der Waals surface area contributed by atoms with Crippen LogP contribution in [0.3, 0.4) is 0 Å². The van der Waals surface area contributed by atoms with Gasteiger partial charge >= 0.3 is 5.97 Å². The van der Waals surface area contributed by atoms with Crippen molar-refractivity contribution >= 4 is 11.7 Å². The fraction of sp³-hybridized carbons (Fsp3) is 0.182. The van der Waals surface area contributed by atoms with Crippen LogP contribution in [0, 0.1) is 17.1 Å². The average Bonchev–Trinajstić information content (AvgIpc) is 2.73. The molecule has 0 unspecified atom stereocenters. The van der Waals surface area contributed by atoms with Crippen LogP contribution in [0.2, 0.25) is 0 Å². The van der Waals surface area contributed by atoms with Crippen LogP contribution < -0.4 is 10.5 Å². The summed E-state index contributed by atoms with van der Waals surface area (Å²) in [6.07, 6.45) is 0. The molecule has 2 N–H and O–H groups in total. The van der Waals surface area contributed by atoms with E-state index in [2.05, 4.69) is 0 Å². The van der Waals surface area contributed by atoms with Crippen molar-refractivity contribution in [3.63, 3.8) is 0 Å². The van der Waals surface area contributed by atoms with E-state index in [1.54, 1.807) is 37.3 Å². The lowest BCUT2D eigenvalue weighted by Crippen LogP contribution is -2.26. The molecule has 0 aromatic heterocycles. The van der Waals surface area contributed by atoms with E-state index < -0.39 is 17.7 Å². The molecule has 0 saturated carbocycles. The van der Waals surface area contributed by atoms with E-state index in [0.717, 1.165) is 0 Å². The normalized spacial score (nSPS) is 16.1. The maximum atomic E-state index is 13.9. The number of hydrogen-bond acceptors (Lipinski definition) is 6. The first kappa shape index (κ1) is 20.0. The van der Waals surface area contributed by atoms with Gasteiger partial charge in [-0.15, -0.1) is 0 Å². The number of nitriles is 1. The van der Waals surface area contributed by atoms with Crippen molar-refractivity contribution in [2.45, 2.75) is 12.8 Å². The maximum absolute atomic E-state index is 13.9. The van der Waals surface area contributed by atoms with Crippen LogP contribution >= 0.6 is 0 Å². The van der Waals surface area contributed by atoms with Crippen molar-refractivity contribution in [2.75, 3.05) is 13.7 Å². The molecule has 148 valence electrons. The van der Waals surface area contributed by atoms with Gasteiger partial charge in [-0.25, -0.2) is 9.18 Å². The summed E-state index contributed by atoms with van der Waals surface area (Å²) < 4.78 is 30.0. The van der Waals surface area contributed by atoms with Crippen molar-refractivity contribution < 1.29 is 23.4 Å². The van der Waals surface area contributed by atoms with Gasteiger partial charge in [0.25, 0.3) is 0 Å². The molecule has 3 rings (SSSR count). The summed E-state index contributed by atoms with van der Waals surface area (Å²) in [6.45, 7) is 1.79. The maximum Gasteiger partial charge on any atom is 0.338 e. The molecule has 0 radical (unpaired) electrons. The second-order valence-electron chi connectivity index (χ2n) is 6.17. The predicted molar refractivity (Wildman–Crippen MR) is 104 cm³/mol. The fourth-order valence-corrected chi connectivity index (χ4v) is 3.15. The van der Waals surface area contributed by atoms with Gasteiger partial charge in [-0.05, 0) is 48.9 Å². The largest absolute Gasteiger partial charge is 0.497 e. The summed E-state index contributed by atoms with van der Waals surface area (Å²) >= 11 is 0. The van der Waals surface area contributed by atoms with Crippen LogP contribution in [-0.2, 0) is 14.3 Å². The van der Waals surface area contributed by atoms with Crippen LogP contribution in [0.4, 0.5) is 4.39 Å². The topological polar surface area (TPSA) is 94.6 Å². The van der Waals surface area contributed by atoms with Crippen molar-refractivity contribution in [3.05, 3.63) is 82.5 Å². The van der Waals surface area contributed by atoms with E-state index in [4.69, 9.17) is 19.9 Å². The Labute approximate surface area is 167 Å². The van der Waals surface area contributed by atoms with E-state index >= 15 is 0 Å². The molecule has 6 nitrogen and oxygen atoms in total. The number of ether oxygens (including phenoxy) is 3. The molecule has 2 aromatic rings. The number of hydrogen-bond donors (Lipinski definition) is 1. The molecule has 0 bridgehead atoms. The van der Waals surface area contributed by atoms with Crippen LogP contribution in [0.25, 0.3) is 5.76 Å². The van der Waals surface area contributed by atoms with Gasteiger partial charge in [-0.1, -0.05) is 12.1 Å². The highest BCUT2D eigenvalue weighted by Crippen LogP contribution is 2.43. The Bertz CT molecular complexity index is 1040. The Kier molecular flexibility index (Phi) is 5.84. The molecule has 0 fully saturated rings. The lowest BCUT2D eigenvalue weighted by Gasteiger charge is -2.28. The summed E-state index contributed by atoms with van der Waals surface area (Å²) in [5, 5.41) is 9.66. The molecule has 1 heterocycles. The van der Waals surface area contributed by atoms with E-state index in [0.29, 0.717) is 16.9 Å². The Hall–Kier alpha value is -3.79. The SMILES string of the molecule is CCOC(=O)C1=C(c2ccc(OC)cc2)OC(N)=C(C#N)[C@H]1c1cccc(F)c1. The standard InChI is InChI=1S/C22H19FN2O4/c1-3-28-22(26)19-18(14-5-4-6-15(23)11-14)17(12-24)21(25)29-20(19)13-7-9-16(27-2)10-8-13/h4-11,18H,3,25H2,1-2H3/t18-/m1/s1. The number of halogens is 1. The first-order chi connectivity index (χ1) is 14.0. The molecule has 0 amide bonds. The van der Waals surface area contributed by atoms with Crippen molar-refractivity contribution in [3.8, 4) is 11.8 Å². The van der Waals surface area contributed by atoms with Crippen molar-refractivity contribution in [2.24, 2.45) is 5.73 Å². The number of nitrogens with two attached hydrogens (primary N) is 1. The van der Waals surface area contributed by atoms with E-state index in [-0.39, 0.29) is 29.4 Å². The molecular weight excluding hydrogens is 375 g/mol. The minimum atomic E-state index is -0.930. The van der Waals surface area contributed by atoms with Gasteiger partial charge in [-0.2, -0.15) is 5.26 Å². The summed E-state index contributed by atoms with van der Waals surface area (Å²) in [6, 6.07) is 14.4. The number of benzene rings is 2. The highest BCUT2D eigenvalue weighted by molar-refractivity contribution is 5.99. The Morgan fingerprint density at radius 2 is 2.00 bits per heavy atom. The minimum Gasteiger partial charge on any atom is -0.497 e. The van der Waals surface area contributed by atoms with E-state index in [1.165, 1.54) is 25.3 Å². The minimum absolute atomic E-state index is 0.0101. The second kappa shape index (κ2) is 8.48. The third-order valence-corrected chi connectivity index (χ3v) is 4.45. The number of rotatable bonds is 5. The zero-order chi connectivity index (χ0) is 21.0. The molecule has 2 aromatic carbocycles. The summed E-state index contributed by atoms with van der Waals surface area (Å²) in [4.78, 5) is 12.9. The molecule has 0 spiro atoms. The van der Waals surface area contributed by atoms with Gasteiger partial charge in [0.05, 0.1) is 25.2 Å². The van der Waals surface area contributed by atoms with Crippen LogP contribution in [0.5, 0.6) is 5.75 Å². The molecule has 1 aliphatic rings. The van der Waals surface area contributed by atoms with Crippen molar-refractivity contribution in [1.29, 1.82) is 5.26 Å². The third kappa shape index (κ3) is 3.92. The van der Waals surface area contributed by atoms with Gasteiger partial charge in [0, 0.05) is 5.56 Å². The highest BCUT2D eigenvalue weighted by Gasteiger charge is 2.38. The molecule has 0 aliphatic carbocycles. The van der Waals surface area contributed by atoms with E-state index in [1.807, 2.05) is 6.07 Å². The Morgan fingerprint density at radius 1 is 1.28 bits per heavy atom. The number of methoxy groups -OCH3 is 1. The van der Waals surface area contributed by atoms with E-state index in [9.17, 15) is 14.4 Å². The Morgan fingerprint density at radius 3 is 2.59 bits per heavy atom. The van der Waals surface area contributed by atoms with Gasteiger partial charge in [-0.3, -0.25) is 0 Å². The number of carbonyl (C=O) groups excluding carboxylic acids is 1. The fourth-order valence-electron chi connectivity index (χ4n) is 3.15. The molecule has 1 aliphatic heterocycles. The monoisotopic (exact) mass is 394 g/mol. The molecular formula is C22H19FN2O4. The van der Waals surface area contributed by atoms with Gasteiger partial charge < -0.3 is 19.9 Å². The third-order valence-electron chi connectivity index (χ3n) is 4.45. The zero-order valence-corrected chi connectivity index (χ0v) is 15.9. The summed E-state index contributed by atoms with van der Waals surface area (Å²) in [5.41, 5.74) is 7.02. The predicted octanol–water partition coefficient (Wildman–Crippen LogP) is 3.62. The second-order valence-corrected chi connectivity index (χ2v) is 6.17. The smallest absolute Gasteiger partial charge is 0.338 e. The molecule has 1 atom stereocenters. The first-order valence-electron chi connectivity index (χ1n) is 8.88. The lowest BCUT2D eigenvalue weighted by atomic mass is 9.82. The molecule has 7 heteroatoms. The van der Waals surface area contributed by atoms with Crippen LogP contribution in [0.1, 0.15) is 24.0 Å². The average molecular weight is 394 g/mol. The lowest BCUT2D eigenvalue weighted by molar-refractivity contribution is -0.138. The summed E-state index contributed by atoms with van der Waals surface area (Å²) in [5.74, 6) is -1.49. The zero-order valence-electron chi connectivity index (χ0n) is 15.9. The molecule has 0 saturated heterocycles. The Balaban J connectivity index is 2.26. The number of nitrogens with zero attached hydrogens (tertiary/aromatic N) is 1. The molecule has 29 heavy (non-hydrogen) atoms. The summed E-state index contributed by atoms with van der Waals surface area (Å²) in [7, 11) is 1.54. The number of esters is 1. The van der Waals surface area contributed by atoms with Gasteiger partial charge in [0.1, 0.15) is 29.0 Å². The van der Waals surface area contributed by atoms with Gasteiger partial charge in [0.2, 0.25) is 5.88 Å². The number of allylic oxidation sites excluding steroid dienone is 1. The number of carbonyl (C=O) groups is 1. The van der Waals surface area contributed by atoms with Gasteiger partial charge in [0.15, 0.2) is 0 Å². The quantitative estimate of drug-likeness (QED) is 0.779. The van der Waals surface area contributed by atoms with Crippen molar-refractivity contribution in [1.82, 2.24) is 0 Å². The first-order valence-corrected chi connectivity index (χ1v) is 8.88.